The highest BCUT2D eigenvalue weighted by Crippen LogP contribution is 2.39. The molecule has 3 rings (SSSR count). The summed E-state index contributed by atoms with van der Waals surface area (Å²) in [6, 6.07) is 7.88. The van der Waals surface area contributed by atoms with Crippen LogP contribution in [0.15, 0.2) is 29.6 Å². The molecule has 0 aliphatic heterocycles. The van der Waals surface area contributed by atoms with Crippen molar-refractivity contribution in [1.82, 2.24) is 4.90 Å². The molecule has 2 nitrogen and oxygen atoms in total. The van der Waals surface area contributed by atoms with Crippen molar-refractivity contribution in [2.45, 2.75) is 45.6 Å². The van der Waals surface area contributed by atoms with Crippen molar-refractivity contribution in [3.8, 4) is 0 Å². The Bertz CT molecular complexity index is 904. The van der Waals surface area contributed by atoms with E-state index in [4.69, 9.17) is 23.2 Å². The number of hydrogen-bond donors (Lipinski definition) is 1. The number of rotatable bonds is 9. The van der Waals surface area contributed by atoms with Gasteiger partial charge in [-0.05, 0) is 61.0 Å². The number of fused-ring (bicyclic) bond motifs is 3. The normalized spacial score (nSPS) is 12.6. The molecule has 1 heterocycles. The number of thiophene rings is 1. The minimum atomic E-state index is -0.531. The monoisotopic (exact) mass is 459 g/mol. The van der Waals surface area contributed by atoms with E-state index in [-0.39, 0.29) is 12.4 Å². The highest BCUT2D eigenvalue weighted by molar-refractivity contribution is 7.17. The van der Waals surface area contributed by atoms with Crippen LogP contribution in [0.1, 0.15) is 51.2 Å². The van der Waals surface area contributed by atoms with E-state index in [9.17, 15) is 5.11 Å². The zero-order chi connectivity index (χ0) is 19.4. The Morgan fingerprint density at radius 2 is 1.68 bits per heavy atom. The first-order valence-electron chi connectivity index (χ1n) is 9.74. The second-order valence-corrected chi connectivity index (χ2v) is 8.90. The molecule has 0 spiro atoms. The molecule has 0 radical (unpaired) electrons. The number of unbranched alkanes of at least 4 members (excludes halogenated alkanes) is 2. The van der Waals surface area contributed by atoms with E-state index in [1.54, 1.807) is 17.4 Å². The third kappa shape index (κ3) is 5.33. The summed E-state index contributed by atoms with van der Waals surface area (Å²) in [6.45, 7) is 7.14. The van der Waals surface area contributed by atoms with Gasteiger partial charge in [0.05, 0.1) is 6.10 Å². The van der Waals surface area contributed by atoms with Crippen molar-refractivity contribution < 1.29 is 5.11 Å². The summed E-state index contributed by atoms with van der Waals surface area (Å²) < 4.78 is 1.12. The molecule has 0 aliphatic rings. The first kappa shape index (κ1) is 23.7. The molecule has 0 fully saturated rings. The van der Waals surface area contributed by atoms with Gasteiger partial charge in [-0.1, -0.05) is 49.9 Å². The topological polar surface area (TPSA) is 23.5 Å². The fraction of sp³-hybridized carbons (Fsp3) is 0.455. The molecule has 0 bridgehead atoms. The van der Waals surface area contributed by atoms with E-state index in [1.807, 2.05) is 6.07 Å². The fourth-order valence-electron chi connectivity index (χ4n) is 3.57. The van der Waals surface area contributed by atoms with Crippen LogP contribution >= 0.6 is 46.9 Å². The summed E-state index contributed by atoms with van der Waals surface area (Å²) in [6.07, 6.45) is 4.12. The lowest BCUT2D eigenvalue weighted by Gasteiger charge is -2.25. The van der Waals surface area contributed by atoms with Crippen LogP contribution in [0.4, 0.5) is 0 Å². The molecule has 2 aromatic carbocycles. The predicted molar refractivity (Wildman–Crippen MR) is 128 cm³/mol. The molecule has 0 amide bonds. The largest absolute Gasteiger partial charge is 0.387 e. The molecule has 1 unspecified atom stereocenters. The number of halogens is 3. The van der Waals surface area contributed by atoms with Crippen molar-refractivity contribution in [3.05, 3.63) is 45.3 Å². The van der Waals surface area contributed by atoms with Gasteiger partial charge in [0.2, 0.25) is 0 Å². The zero-order valence-electron chi connectivity index (χ0n) is 16.4. The average Bonchev–Trinajstić information content (AvgIpc) is 3.13. The summed E-state index contributed by atoms with van der Waals surface area (Å²) in [5, 5.41) is 17.6. The second kappa shape index (κ2) is 11.0. The third-order valence-corrected chi connectivity index (χ3v) is 6.55. The minimum Gasteiger partial charge on any atom is -0.387 e. The van der Waals surface area contributed by atoms with Crippen LogP contribution in [0.25, 0.3) is 20.9 Å². The van der Waals surface area contributed by atoms with E-state index >= 15 is 0 Å². The summed E-state index contributed by atoms with van der Waals surface area (Å²) in [4.78, 5) is 2.39. The smallest absolute Gasteiger partial charge is 0.0930 e. The lowest BCUT2D eigenvalue weighted by molar-refractivity contribution is 0.112. The van der Waals surface area contributed by atoms with E-state index in [1.165, 1.54) is 12.8 Å². The fourth-order valence-corrected chi connectivity index (χ4v) is 5.09. The molecular formula is C22H28Cl3NOS. The SMILES string of the molecule is CCCCN(CCCC)CC(O)c1cc2c(Cl)cc(Cl)cc2c2ccsc12.Cl. The molecule has 1 aromatic heterocycles. The standard InChI is InChI=1S/C22H27Cl2NOS.ClH/c1-3-5-8-25(9-6-4-2)14-21(26)19-13-18-17(11-15(23)12-20(18)24)16-7-10-27-22(16)19;/h7,10-13,21,26H,3-6,8-9,14H2,1-2H3;1H. The molecular weight excluding hydrogens is 433 g/mol. The molecule has 1 N–H and O–H groups in total. The highest BCUT2D eigenvalue weighted by Gasteiger charge is 2.19. The van der Waals surface area contributed by atoms with Crippen molar-refractivity contribution in [1.29, 1.82) is 0 Å². The van der Waals surface area contributed by atoms with Crippen molar-refractivity contribution >= 4 is 67.8 Å². The number of aliphatic hydroxyl groups excluding tert-OH is 1. The van der Waals surface area contributed by atoms with Crippen LogP contribution in [-0.4, -0.2) is 29.6 Å². The molecule has 0 saturated heterocycles. The van der Waals surface area contributed by atoms with Crippen LogP contribution in [0.5, 0.6) is 0 Å². The molecule has 0 aliphatic carbocycles. The van der Waals surface area contributed by atoms with Crippen molar-refractivity contribution in [2.75, 3.05) is 19.6 Å². The summed E-state index contributed by atoms with van der Waals surface area (Å²) in [5.41, 5.74) is 0.967. The van der Waals surface area contributed by atoms with Gasteiger partial charge in [-0.25, -0.2) is 0 Å². The second-order valence-electron chi connectivity index (χ2n) is 7.14. The van der Waals surface area contributed by atoms with E-state index in [2.05, 4.69) is 36.3 Å². The van der Waals surface area contributed by atoms with Gasteiger partial charge in [0, 0.05) is 37.6 Å². The van der Waals surface area contributed by atoms with Gasteiger partial charge in [-0.15, -0.1) is 23.7 Å². The number of aliphatic hydroxyl groups is 1. The molecule has 0 saturated carbocycles. The summed E-state index contributed by atoms with van der Waals surface area (Å²) in [7, 11) is 0. The summed E-state index contributed by atoms with van der Waals surface area (Å²) >= 11 is 14.4. The van der Waals surface area contributed by atoms with Crippen LogP contribution in [0, 0.1) is 0 Å². The van der Waals surface area contributed by atoms with E-state index in [0.29, 0.717) is 16.6 Å². The lowest BCUT2D eigenvalue weighted by Crippen LogP contribution is -2.30. The number of nitrogens with zero attached hydrogens (tertiary/aromatic N) is 1. The van der Waals surface area contributed by atoms with Gasteiger partial charge >= 0.3 is 0 Å². The first-order chi connectivity index (χ1) is 13.0. The minimum absolute atomic E-state index is 0. The Balaban J connectivity index is 0.00000280. The van der Waals surface area contributed by atoms with Crippen LogP contribution in [-0.2, 0) is 0 Å². The zero-order valence-corrected chi connectivity index (χ0v) is 19.5. The first-order valence-corrected chi connectivity index (χ1v) is 11.4. The number of hydrogen-bond acceptors (Lipinski definition) is 3. The summed E-state index contributed by atoms with van der Waals surface area (Å²) in [5.74, 6) is 0. The third-order valence-electron chi connectivity index (χ3n) is 5.06. The average molecular weight is 461 g/mol. The Labute approximate surface area is 187 Å². The molecule has 6 heteroatoms. The molecule has 28 heavy (non-hydrogen) atoms. The van der Waals surface area contributed by atoms with Gasteiger partial charge < -0.3 is 10.0 Å². The molecule has 3 aromatic rings. The molecule has 1 atom stereocenters. The maximum Gasteiger partial charge on any atom is 0.0930 e. The molecule has 154 valence electrons. The van der Waals surface area contributed by atoms with Gasteiger partial charge in [-0.2, -0.15) is 0 Å². The van der Waals surface area contributed by atoms with E-state index < -0.39 is 6.10 Å². The van der Waals surface area contributed by atoms with Gasteiger partial charge in [-0.3, -0.25) is 0 Å². The van der Waals surface area contributed by atoms with E-state index in [0.717, 1.165) is 52.4 Å². The maximum atomic E-state index is 11.1. The van der Waals surface area contributed by atoms with Crippen molar-refractivity contribution in [3.63, 3.8) is 0 Å². The van der Waals surface area contributed by atoms with Crippen molar-refractivity contribution in [2.24, 2.45) is 0 Å². The van der Waals surface area contributed by atoms with Crippen LogP contribution in [0.2, 0.25) is 10.0 Å². The number of benzene rings is 2. The van der Waals surface area contributed by atoms with Gasteiger partial charge in [0.15, 0.2) is 0 Å². The Morgan fingerprint density at radius 3 is 2.32 bits per heavy atom. The quantitative estimate of drug-likeness (QED) is 0.353. The predicted octanol–water partition coefficient (Wildman–Crippen LogP) is 7.72. The van der Waals surface area contributed by atoms with Gasteiger partial charge in [0.25, 0.3) is 0 Å². The maximum absolute atomic E-state index is 11.1. The van der Waals surface area contributed by atoms with Crippen LogP contribution < -0.4 is 0 Å². The van der Waals surface area contributed by atoms with Gasteiger partial charge in [0.1, 0.15) is 0 Å². The Kier molecular flexibility index (Phi) is 9.33. The lowest BCUT2D eigenvalue weighted by atomic mass is 9.99. The Hall–Kier alpha value is -0.550. The highest BCUT2D eigenvalue weighted by atomic mass is 35.5. The van der Waals surface area contributed by atoms with Crippen LogP contribution in [0.3, 0.4) is 0 Å². The Morgan fingerprint density at radius 1 is 1.00 bits per heavy atom.